The van der Waals surface area contributed by atoms with Crippen LogP contribution in [0, 0.1) is 23.2 Å². The van der Waals surface area contributed by atoms with Gasteiger partial charge >= 0.3 is 6.03 Å². The van der Waals surface area contributed by atoms with Crippen LogP contribution in [-0.2, 0) is 6.54 Å². The Labute approximate surface area is 266 Å². The van der Waals surface area contributed by atoms with Gasteiger partial charge in [-0.1, -0.05) is 23.2 Å². The van der Waals surface area contributed by atoms with E-state index >= 15 is 0 Å². The third-order valence-corrected chi connectivity index (χ3v) is 11.7. The van der Waals surface area contributed by atoms with Crippen LogP contribution in [0.3, 0.4) is 0 Å². The fourth-order valence-corrected chi connectivity index (χ4v) is 9.99. The van der Waals surface area contributed by atoms with Crippen molar-refractivity contribution in [3.8, 4) is 0 Å². The van der Waals surface area contributed by atoms with Crippen LogP contribution in [0.25, 0.3) is 0 Å². The van der Waals surface area contributed by atoms with E-state index in [2.05, 4.69) is 27.2 Å². The summed E-state index contributed by atoms with van der Waals surface area (Å²) < 4.78 is 0. The molecule has 0 aromatic heterocycles. The third kappa shape index (κ3) is 6.43. The third-order valence-electron chi connectivity index (χ3n) is 11.1. The molecule has 2 saturated heterocycles. The molecule has 2 heterocycles. The number of rotatable bonds is 8. The summed E-state index contributed by atoms with van der Waals surface area (Å²) in [5.74, 6) is 3.07. The Morgan fingerprint density at radius 2 is 1.40 bits per heavy atom. The summed E-state index contributed by atoms with van der Waals surface area (Å²) in [5.41, 5.74) is 3.91. The molecule has 43 heavy (non-hydrogen) atoms. The number of hydrogen-bond acceptors (Lipinski definition) is 4. The Hall–Kier alpha value is -2.28. The fourth-order valence-electron chi connectivity index (χ4n) is 9.37. The average molecular weight is 624 g/mol. The Bertz CT molecular complexity index is 1290. The first kappa shape index (κ1) is 29.4. The Morgan fingerprint density at radius 3 is 1.98 bits per heavy atom. The summed E-state index contributed by atoms with van der Waals surface area (Å²) >= 11 is 13.1. The normalized spacial score (nSPS) is 28.5. The van der Waals surface area contributed by atoms with Gasteiger partial charge in [0.05, 0.1) is 15.7 Å². The van der Waals surface area contributed by atoms with E-state index in [1.165, 1.54) is 51.4 Å². The maximum atomic E-state index is 13.2. The van der Waals surface area contributed by atoms with E-state index in [4.69, 9.17) is 23.2 Å². The maximum absolute atomic E-state index is 13.2. The van der Waals surface area contributed by atoms with Crippen molar-refractivity contribution in [1.82, 2.24) is 9.80 Å². The summed E-state index contributed by atoms with van der Waals surface area (Å²) in [6.07, 6.45) is 12.6. The minimum absolute atomic E-state index is 0.185. The van der Waals surface area contributed by atoms with E-state index < -0.39 is 0 Å². The second-order valence-corrected chi connectivity index (χ2v) is 15.0. The lowest BCUT2D eigenvalue weighted by Gasteiger charge is -2.57. The molecule has 0 atom stereocenters. The lowest BCUT2D eigenvalue weighted by Crippen LogP contribution is -2.50. The first-order valence-corrected chi connectivity index (χ1v) is 17.2. The molecule has 6 fully saturated rings. The minimum Gasteiger partial charge on any atom is -0.368 e. The zero-order chi connectivity index (χ0) is 29.6. The van der Waals surface area contributed by atoms with E-state index in [9.17, 15) is 9.59 Å². The number of Topliss-reactive ketones (excluding diaryl/α,β-unsaturated/α-hetero) is 1. The van der Waals surface area contributed by atoms with Crippen molar-refractivity contribution in [2.45, 2.75) is 70.8 Å². The molecule has 8 heteroatoms. The van der Waals surface area contributed by atoms with E-state index in [0.29, 0.717) is 40.7 Å². The number of carbonyl (C=O) groups excluding carboxylic acids is 2. The average Bonchev–Trinajstić information content (AvgIpc) is 3.50. The molecular formula is C35H44Cl2N4O2. The summed E-state index contributed by atoms with van der Waals surface area (Å²) in [5, 5.41) is 3.90. The molecule has 230 valence electrons. The highest BCUT2D eigenvalue weighted by atomic mass is 35.5. The summed E-state index contributed by atoms with van der Waals surface area (Å²) in [6.45, 7) is 5.67. The first-order chi connectivity index (χ1) is 20.8. The quantitative estimate of drug-likeness (QED) is 0.302. The van der Waals surface area contributed by atoms with Crippen LogP contribution in [-0.4, -0.2) is 60.9 Å². The van der Waals surface area contributed by atoms with Gasteiger partial charge in [0.2, 0.25) is 0 Å². The van der Waals surface area contributed by atoms with Gasteiger partial charge in [-0.2, -0.15) is 0 Å². The topological polar surface area (TPSA) is 55.9 Å². The van der Waals surface area contributed by atoms with Gasteiger partial charge in [-0.15, -0.1) is 0 Å². The lowest BCUT2D eigenvalue weighted by molar-refractivity contribution is -0.0570. The van der Waals surface area contributed by atoms with Crippen molar-refractivity contribution < 1.29 is 9.59 Å². The van der Waals surface area contributed by atoms with E-state index in [1.54, 1.807) is 0 Å². The van der Waals surface area contributed by atoms with Gasteiger partial charge in [0, 0.05) is 50.4 Å². The fraction of sp³-hybridized carbons (Fsp3) is 0.600. The van der Waals surface area contributed by atoms with Gasteiger partial charge < -0.3 is 15.1 Å². The van der Waals surface area contributed by atoms with E-state index in [1.807, 2.05) is 29.2 Å². The Balaban J connectivity index is 0.892. The summed E-state index contributed by atoms with van der Waals surface area (Å²) in [7, 11) is 0. The van der Waals surface area contributed by atoms with Crippen LogP contribution < -0.4 is 10.2 Å². The highest BCUT2D eigenvalue weighted by Crippen LogP contribution is 2.61. The second kappa shape index (κ2) is 12.3. The molecular weight excluding hydrogens is 579 g/mol. The van der Waals surface area contributed by atoms with Gasteiger partial charge in [0.1, 0.15) is 0 Å². The smallest absolute Gasteiger partial charge is 0.322 e. The predicted molar refractivity (Wildman–Crippen MR) is 174 cm³/mol. The van der Waals surface area contributed by atoms with Crippen molar-refractivity contribution in [3.63, 3.8) is 0 Å². The maximum Gasteiger partial charge on any atom is 0.322 e. The number of amides is 2. The number of carbonyl (C=O) groups is 2. The van der Waals surface area contributed by atoms with Gasteiger partial charge in [-0.3, -0.25) is 9.69 Å². The van der Waals surface area contributed by atoms with Gasteiger partial charge in [0.15, 0.2) is 5.78 Å². The number of hydrogen-bond donors (Lipinski definition) is 1. The zero-order valence-electron chi connectivity index (χ0n) is 25.1. The monoisotopic (exact) mass is 622 g/mol. The molecule has 0 spiro atoms. The summed E-state index contributed by atoms with van der Waals surface area (Å²) in [4.78, 5) is 32.7. The molecule has 2 aromatic carbocycles. The van der Waals surface area contributed by atoms with Crippen molar-refractivity contribution in [2.75, 3.05) is 49.5 Å². The number of nitrogens with zero attached hydrogens (tertiary/aromatic N) is 3. The zero-order valence-corrected chi connectivity index (χ0v) is 26.6. The van der Waals surface area contributed by atoms with Gasteiger partial charge in [0.25, 0.3) is 0 Å². The number of urea groups is 1. The molecule has 0 radical (unpaired) electrons. The molecule has 2 aromatic rings. The molecule has 6 aliphatic rings. The van der Waals surface area contributed by atoms with Crippen LogP contribution in [0.1, 0.15) is 80.1 Å². The number of halogens is 2. The highest BCUT2D eigenvalue weighted by Gasteiger charge is 2.50. The number of anilines is 2. The van der Waals surface area contributed by atoms with Crippen molar-refractivity contribution >= 4 is 46.4 Å². The molecule has 8 rings (SSSR count). The Kier molecular flexibility index (Phi) is 8.39. The SMILES string of the molecule is O=C(CCC12CC3CC(CC(C3)C1)C2)c1ccc(N2CCN(C(=O)Nc3c(Cl)cc(CN4CCCC4)cc3Cl)CC2)cc1. The molecule has 2 aliphatic heterocycles. The van der Waals surface area contributed by atoms with Crippen molar-refractivity contribution in [2.24, 2.45) is 23.2 Å². The largest absolute Gasteiger partial charge is 0.368 e. The van der Waals surface area contributed by atoms with Crippen molar-refractivity contribution in [3.05, 3.63) is 57.6 Å². The number of benzene rings is 2. The van der Waals surface area contributed by atoms with Crippen LogP contribution in [0.2, 0.25) is 10.0 Å². The molecule has 1 N–H and O–H groups in total. The van der Waals surface area contributed by atoms with E-state index in [0.717, 1.165) is 73.7 Å². The van der Waals surface area contributed by atoms with Crippen LogP contribution in [0.15, 0.2) is 36.4 Å². The van der Waals surface area contributed by atoms with E-state index in [-0.39, 0.29) is 11.8 Å². The number of piperazine rings is 1. The van der Waals surface area contributed by atoms with Crippen LogP contribution in [0.5, 0.6) is 0 Å². The molecule has 0 unspecified atom stereocenters. The Morgan fingerprint density at radius 1 is 0.814 bits per heavy atom. The molecule has 4 bridgehead atoms. The molecule has 6 nitrogen and oxygen atoms in total. The standard InChI is InChI=1S/C35H44Cl2N4O2/c36-30-18-27(23-39-9-1-2-10-39)19-31(37)33(30)38-34(43)41-13-11-40(12-14-41)29-5-3-28(4-6-29)32(42)7-8-35-20-24-15-25(21-35)17-26(16-24)22-35/h3-6,18-19,24-26H,1-2,7-17,20-23H2,(H,38,43). The second-order valence-electron chi connectivity index (χ2n) is 14.2. The molecule has 4 saturated carbocycles. The lowest BCUT2D eigenvalue weighted by atomic mass is 9.48. The molecule has 2 amide bonds. The summed E-state index contributed by atoms with van der Waals surface area (Å²) in [6, 6.07) is 11.8. The number of likely N-dealkylation sites (tertiary alicyclic amines) is 1. The van der Waals surface area contributed by atoms with Crippen molar-refractivity contribution in [1.29, 1.82) is 0 Å². The predicted octanol–water partition coefficient (Wildman–Crippen LogP) is 8.12. The highest BCUT2D eigenvalue weighted by molar-refractivity contribution is 6.39. The van der Waals surface area contributed by atoms with Crippen LogP contribution >= 0.6 is 23.2 Å². The minimum atomic E-state index is -0.185. The first-order valence-electron chi connectivity index (χ1n) is 16.5. The number of nitrogens with one attached hydrogen (secondary N) is 1. The number of ketones is 1. The van der Waals surface area contributed by atoms with Gasteiger partial charge in [-0.05, 0) is 136 Å². The van der Waals surface area contributed by atoms with Crippen LogP contribution in [0.4, 0.5) is 16.2 Å². The van der Waals surface area contributed by atoms with Gasteiger partial charge in [-0.25, -0.2) is 4.79 Å². The molecule has 4 aliphatic carbocycles.